The molecule has 0 saturated carbocycles. The molecule has 1 aromatic heterocycles. The van der Waals surface area contributed by atoms with Crippen LogP contribution in [-0.2, 0) is 6.42 Å². The molecule has 3 nitrogen and oxygen atoms in total. The topological polar surface area (TPSA) is 41.6 Å². The van der Waals surface area contributed by atoms with Crippen molar-refractivity contribution in [2.75, 3.05) is 0 Å². The number of aryl methyl sites for hydroxylation is 1. The van der Waals surface area contributed by atoms with E-state index < -0.39 is 0 Å². The second-order valence-corrected chi connectivity index (χ2v) is 2.46. The van der Waals surface area contributed by atoms with E-state index in [4.69, 9.17) is 0 Å². The van der Waals surface area contributed by atoms with Gasteiger partial charge < -0.3 is 0 Å². The van der Waals surface area contributed by atoms with Crippen LogP contribution in [0.5, 0.6) is 0 Å². The van der Waals surface area contributed by atoms with Crippen LogP contribution in [0.4, 0.5) is 0 Å². The SMILES string of the molecule is CCc1cccc2n[nH]nc12. The first-order valence-corrected chi connectivity index (χ1v) is 3.70. The van der Waals surface area contributed by atoms with E-state index in [2.05, 4.69) is 28.4 Å². The molecular formula is C8H9N3. The summed E-state index contributed by atoms with van der Waals surface area (Å²) < 4.78 is 0. The van der Waals surface area contributed by atoms with Crippen LogP contribution in [0, 0.1) is 0 Å². The van der Waals surface area contributed by atoms with Gasteiger partial charge in [0.25, 0.3) is 0 Å². The number of H-pyrrole nitrogens is 1. The lowest BCUT2D eigenvalue weighted by molar-refractivity contribution is 0.956. The number of aromatic amines is 1. The second-order valence-electron chi connectivity index (χ2n) is 2.46. The van der Waals surface area contributed by atoms with Gasteiger partial charge in [0.2, 0.25) is 0 Å². The van der Waals surface area contributed by atoms with Crippen molar-refractivity contribution in [2.24, 2.45) is 0 Å². The Morgan fingerprint density at radius 2 is 2.27 bits per heavy atom. The Balaban J connectivity index is 2.79. The van der Waals surface area contributed by atoms with Gasteiger partial charge in [-0.25, -0.2) is 0 Å². The Bertz CT molecular complexity index is 364. The molecule has 0 fully saturated rings. The summed E-state index contributed by atoms with van der Waals surface area (Å²) in [5.41, 5.74) is 3.19. The fourth-order valence-electron chi connectivity index (χ4n) is 1.21. The highest BCUT2D eigenvalue weighted by atomic mass is 15.3. The summed E-state index contributed by atoms with van der Waals surface area (Å²) in [6.45, 7) is 2.11. The zero-order valence-electron chi connectivity index (χ0n) is 6.33. The molecule has 0 amide bonds. The lowest BCUT2D eigenvalue weighted by atomic mass is 10.1. The van der Waals surface area contributed by atoms with Crippen LogP contribution >= 0.6 is 0 Å². The minimum absolute atomic E-state index is 0.948. The van der Waals surface area contributed by atoms with Gasteiger partial charge in [-0.15, -0.1) is 0 Å². The van der Waals surface area contributed by atoms with Gasteiger partial charge >= 0.3 is 0 Å². The second kappa shape index (κ2) is 2.34. The maximum absolute atomic E-state index is 4.05. The first kappa shape index (κ1) is 6.34. The Kier molecular flexibility index (Phi) is 1.35. The van der Waals surface area contributed by atoms with Gasteiger partial charge in [0.15, 0.2) is 0 Å². The fourth-order valence-corrected chi connectivity index (χ4v) is 1.21. The van der Waals surface area contributed by atoms with Crippen LogP contribution in [0.15, 0.2) is 18.2 Å². The molecule has 2 rings (SSSR count). The molecule has 0 bridgehead atoms. The smallest absolute Gasteiger partial charge is 0.116 e. The van der Waals surface area contributed by atoms with Crippen LogP contribution < -0.4 is 0 Å². The number of hydrogen-bond acceptors (Lipinski definition) is 2. The van der Waals surface area contributed by atoms with Gasteiger partial charge in [0.05, 0.1) is 0 Å². The standard InChI is InChI=1S/C8H9N3/c1-2-6-4-3-5-7-8(6)10-11-9-7/h3-5H,2H2,1H3,(H,9,10,11). The minimum atomic E-state index is 0.948. The number of hydrogen-bond donors (Lipinski definition) is 1. The zero-order valence-corrected chi connectivity index (χ0v) is 6.33. The molecule has 1 aromatic carbocycles. The van der Waals surface area contributed by atoms with Crippen LogP contribution in [0.1, 0.15) is 12.5 Å². The first-order chi connectivity index (χ1) is 5.42. The largest absolute Gasteiger partial charge is 0.197 e. The Morgan fingerprint density at radius 1 is 1.36 bits per heavy atom. The molecule has 0 aliphatic carbocycles. The predicted octanol–water partition coefficient (Wildman–Crippen LogP) is 1.52. The number of para-hydroxylation sites is 1. The summed E-state index contributed by atoms with van der Waals surface area (Å²) in [7, 11) is 0. The molecule has 1 N–H and O–H groups in total. The molecular weight excluding hydrogens is 138 g/mol. The quantitative estimate of drug-likeness (QED) is 0.664. The van der Waals surface area contributed by atoms with E-state index in [-0.39, 0.29) is 0 Å². The van der Waals surface area contributed by atoms with Crippen LogP contribution in [-0.4, -0.2) is 15.4 Å². The summed E-state index contributed by atoms with van der Waals surface area (Å²) in [6.07, 6.45) is 1.00. The monoisotopic (exact) mass is 147 g/mol. The van der Waals surface area contributed by atoms with Crippen molar-refractivity contribution in [3.05, 3.63) is 23.8 Å². The molecule has 2 aromatic rings. The van der Waals surface area contributed by atoms with Crippen LogP contribution in [0.3, 0.4) is 0 Å². The fraction of sp³-hybridized carbons (Fsp3) is 0.250. The average Bonchev–Trinajstić information content (AvgIpc) is 2.50. The van der Waals surface area contributed by atoms with E-state index in [0.29, 0.717) is 0 Å². The predicted molar refractivity (Wildman–Crippen MR) is 43.3 cm³/mol. The molecule has 0 atom stereocenters. The van der Waals surface area contributed by atoms with Crippen molar-refractivity contribution < 1.29 is 0 Å². The Morgan fingerprint density at radius 3 is 3.09 bits per heavy atom. The van der Waals surface area contributed by atoms with Crippen molar-refractivity contribution >= 4 is 11.0 Å². The highest BCUT2D eigenvalue weighted by Crippen LogP contribution is 2.13. The van der Waals surface area contributed by atoms with Gasteiger partial charge in [0.1, 0.15) is 11.0 Å². The molecule has 0 radical (unpaired) electrons. The summed E-state index contributed by atoms with van der Waals surface area (Å²) in [5, 5.41) is 10.7. The Hall–Kier alpha value is -1.38. The number of nitrogens with one attached hydrogen (secondary N) is 1. The molecule has 11 heavy (non-hydrogen) atoms. The molecule has 3 heteroatoms. The third-order valence-corrected chi connectivity index (χ3v) is 1.81. The molecule has 0 unspecified atom stereocenters. The minimum Gasteiger partial charge on any atom is -0.197 e. The van der Waals surface area contributed by atoms with Crippen molar-refractivity contribution in [1.29, 1.82) is 0 Å². The van der Waals surface area contributed by atoms with Crippen LogP contribution in [0.25, 0.3) is 11.0 Å². The summed E-state index contributed by atoms with van der Waals surface area (Å²) >= 11 is 0. The van der Waals surface area contributed by atoms with E-state index in [1.807, 2.05) is 12.1 Å². The normalized spacial score (nSPS) is 10.6. The summed E-state index contributed by atoms with van der Waals surface area (Å²) in [6, 6.07) is 6.03. The van der Waals surface area contributed by atoms with E-state index in [9.17, 15) is 0 Å². The highest BCUT2D eigenvalue weighted by Gasteiger charge is 2.00. The number of nitrogens with zero attached hydrogens (tertiary/aromatic N) is 2. The third-order valence-electron chi connectivity index (χ3n) is 1.81. The number of fused-ring (bicyclic) bond motifs is 1. The summed E-state index contributed by atoms with van der Waals surface area (Å²) in [5.74, 6) is 0. The van der Waals surface area contributed by atoms with Crippen molar-refractivity contribution in [3.63, 3.8) is 0 Å². The Labute approximate surface area is 64.4 Å². The summed E-state index contributed by atoms with van der Waals surface area (Å²) in [4.78, 5) is 0. The number of benzene rings is 1. The van der Waals surface area contributed by atoms with E-state index in [1.54, 1.807) is 0 Å². The van der Waals surface area contributed by atoms with Gasteiger partial charge in [-0.2, -0.15) is 15.4 Å². The molecule has 56 valence electrons. The van der Waals surface area contributed by atoms with Gasteiger partial charge in [-0.3, -0.25) is 0 Å². The van der Waals surface area contributed by atoms with Gasteiger partial charge in [-0.1, -0.05) is 19.1 Å². The maximum atomic E-state index is 4.05. The molecule has 0 aliphatic rings. The van der Waals surface area contributed by atoms with Crippen molar-refractivity contribution in [3.8, 4) is 0 Å². The number of rotatable bonds is 1. The first-order valence-electron chi connectivity index (χ1n) is 3.70. The number of aromatic nitrogens is 3. The molecule has 0 spiro atoms. The molecule has 1 heterocycles. The van der Waals surface area contributed by atoms with Gasteiger partial charge in [0, 0.05) is 0 Å². The molecule has 0 aliphatic heterocycles. The average molecular weight is 147 g/mol. The van der Waals surface area contributed by atoms with E-state index >= 15 is 0 Å². The lowest BCUT2D eigenvalue weighted by Crippen LogP contribution is -1.81. The van der Waals surface area contributed by atoms with E-state index in [1.165, 1.54) is 5.56 Å². The maximum Gasteiger partial charge on any atom is 0.116 e. The third kappa shape index (κ3) is 0.888. The lowest BCUT2D eigenvalue weighted by Gasteiger charge is -1.93. The van der Waals surface area contributed by atoms with E-state index in [0.717, 1.165) is 17.5 Å². The molecule has 0 saturated heterocycles. The van der Waals surface area contributed by atoms with Crippen LogP contribution in [0.2, 0.25) is 0 Å². The zero-order chi connectivity index (χ0) is 7.68. The highest BCUT2D eigenvalue weighted by molar-refractivity contribution is 5.77. The van der Waals surface area contributed by atoms with Gasteiger partial charge in [-0.05, 0) is 18.1 Å². The van der Waals surface area contributed by atoms with Crippen molar-refractivity contribution in [2.45, 2.75) is 13.3 Å². The van der Waals surface area contributed by atoms with Crippen molar-refractivity contribution in [1.82, 2.24) is 15.4 Å².